The molecule has 0 saturated carbocycles. The van der Waals surface area contributed by atoms with Gasteiger partial charge in [0.15, 0.2) is 6.29 Å². The van der Waals surface area contributed by atoms with Crippen molar-refractivity contribution in [2.45, 2.75) is 31.2 Å². The third kappa shape index (κ3) is 2.83. The Labute approximate surface area is 99.2 Å². The van der Waals surface area contributed by atoms with Gasteiger partial charge in [0.25, 0.3) is 0 Å². The predicted octanol–water partition coefficient (Wildman–Crippen LogP) is -0.358. The molecule has 3 N–H and O–H groups in total. The first-order chi connectivity index (χ1) is 8.22. The van der Waals surface area contributed by atoms with E-state index < -0.39 is 24.6 Å². The molecule has 1 heterocycles. The zero-order valence-corrected chi connectivity index (χ0v) is 9.27. The molecule has 5 nitrogen and oxygen atoms in total. The van der Waals surface area contributed by atoms with Gasteiger partial charge in [-0.25, -0.2) is 0 Å². The van der Waals surface area contributed by atoms with Crippen LogP contribution in [0.2, 0.25) is 0 Å². The van der Waals surface area contributed by atoms with Gasteiger partial charge in [-0.1, -0.05) is 30.3 Å². The Hall–Kier alpha value is -0.980. The highest BCUT2D eigenvalue weighted by Crippen LogP contribution is 2.22. The van der Waals surface area contributed by atoms with Crippen LogP contribution in [0.3, 0.4) is 0 Å². The van der Waals surface area contributed by atoms with Gasteiger partial charge in [0.05, 0.1) is 13.2 Å². The molecule has 5 heteroatoms. The lowest BCUT2D eigenvalue weighted by Gasteiger charge is -2.15. The van der Waals surface area contributed by atoms with Gasteiger partial charge in [-0.05, 0) is 5.56 Å². The normalized spacial score (nSPS) is 32.9. The molecule has 1 fully saturated rings. The Morgan fingerprint density at radius 1 is 1.12 bits per heavy atom. The van der Waals surface area contributed by atoms with Crippen LogP contribution in [0.25, 0.3) is 0 Å². The summed E-state index contributed by atoms with van der Waals surface area (Å²) in [6.07, 6.45) is -3.93. The van der Waals surface area contributed by atoms with Crippen LogP contribution in [0.5, 0.6) is 0 Å². The molecule has 0 radical (unpaired) electrons. The number of hydrogen-bond donors (Lipinski definition) is 3. The number of aliphatic hydroxyl groups is 3. The van der Waals surface area contributed by atoms with E-state index in [0.29, 0.717) is 0 Å². The average Bonchev–Trinajstić information content (AvgIpc) is 2.65. The number of ether oxygens (including phenoxy) is 2. The summed E-state index contributed by atoms with van der Waals surface area (Å²) in [5, 5.41) is 28.0. The van der Waals surface area contributed by atoms with E-state index in [4.69, 9.17) is 14.6 Å². The van der Waals surface area contributed by atoms with E-state index in [1.54, 1.807) is 0 Å². The fourth-order valence-corrected chi connectivity index (χ4v) is 1.76. The summed E-state index contributed by atoms with van der Waals surface area (Å²) in [6, 6.07) is 9.45. The molecular formula is C12H16O5. The molecule has 1 aliphatic heterocycles. The van der Waals surface area contributed by atoms with Crippen LogP contribution in [-0.4, -0.2) is 46.5 Å². The van der Waals surface area contributed by atoms with Crippen LogP contribution in [0.15, 0.2) is 30.3 Å². The standard InChI is InChI=1S/C12H16O5/c13-6-9-10(14)11(15)12(17-9)16-7-8-4-2-1-3-5-8/h1-5,9-15H,6-7H2/t9?,10?,11?,12-/m1/s1. The molecule has 2 rings (SSSR count). The molecule has 0 bridgehead atoms. The zero-order chi connectivity index (χ0) is 12.3. The monoisotopic (exact) mass is 240 g/mol. The first-order valence-electron chi connectivity index (χ1n) is 5.50. The summed E-state index contributed by atoms with van der Waals surface area (Å²) >= 11 is 0. The lowest BCUT2D eigenvalue weighted by molar-refractivity contribution is -0.175. The SMILES string of the molecule is OCC1O[C@@H](OCc2ccccc2)C(O)C1O. The maximum atomic E-state index is 9.63. The maximum absolute atomic E-state index is 9.63. The highest BCUT2D eigenvalue weighted by atomic mass is 16.7. The second-order valence-corrected chi connectivity index (χ2v) is 4.00. The van der Waals surface area contributed by atoms with Crippen molar-refractivity contribution >= 4 is 0 Å². The van der Waals surface area contributed by atoms with Gasteiger partial charge in [-0.3, -0.25) is 0 Å². The minimum absolute atomic E-state index is 0.285. The van der Waals surface area contributed by atoms with E-state index in [1.807, 2.05) is 30.3 Å². The van der Waals surface area contributed by atoms with E-state index in [0.717, 1.165) is 5.56 Å². The molecule has 0 spiro atoms. The minimum atomic E-state index is -1.13. The molecule has 1 saturated heterocycles. The van der Waals surface area contributed by atoms with Gasteiger partial charge in [0.1, 0.15) is 18.3 Å². The Balaban J connectivity index is 1.88. The van der Waals surface area contributed by atoms with Crippen molar-refractivity contribution in [1.82, 2.24) is 0 Å². The van der Waals surface area contributed by atoms with Crippen molar-refractivity contribution in [2.75, 3.05) is 6.61 Å². The van der Waals surface area contributed by atoms with Crippen LogP contribution >= 0.6 is 0 Å². The summed E-state index contributed by atoms with van der Waals surface area (Å²) in [5.41, 5.74) is 0.949. The Bertz CT molecular complexity index is 342. The van der Waals surface area contributed by atoms with Gasteiger partial charge in [-0.2, -0.15) is 0 Å². The van der Waals surface area contributed by atoms with E-state index in [2.05, 4.69) is 0 Å². The molecule has 0 aromatic heterocycles. The van der Waals surface area contributed by atoms with Crippen LogP contribution in [0, 0.1) is 0 Å². The van der Waals surface area contributed by atoms with Crippen LogP contribution < -0.4 is 0 Å². The first kappa shape index (κ1) is 12.5. The summed E-state index contributed by atoms with van der Waals surface area (Å²) < 4.78 is 10.5. The third-order valence-electron chi connectivity index (χ3n) is 2.76. The number of benzene rings is 1. The lowest BCUT2D eigenvalue weighted by Crippen LogP contribution is -2.34. The molecule has 4 atom stereocenters. The molecule has 0 amide bonds. The molecule has 94 valence electrons. The quantitative estimate of drug-likeness (QED) is 0.670. The Morgan fingerprint density at radius 3 is 2.41 bits per heavy atom. The van der Waals surface area contributed by atoms with Gasteiger partial charge >= 0.3 is 0 Å². The van der Waals surface area contributed by atoms with E-state index in [9.17, 15) is 10.2 Å². The van der Waals surface area contributed by atoms with Crippen molar-refractivity contribution < 1.29 is 24.8 Å². The topological polar surface area (TPSA) is 79.2 Å². The smallest absolute Gasteiger partial charge is 0.187 e. The Morgan fingerprint density at radius 2 is 1.82 bits per heavy atom. The van der Waals surface area contributed by atoms with E-state index in [1.165, 1.54) is 0 Å². The second kappa shape index (κ2) is 5.57. The second-order valence-electron chi connectivity index (χ2n) is 4.00. The zero-order valence-electron chi connectivity index (χ0n) is 9.27. The van der Waals surface area contributed by atoms with Gasteiger partial charge < -0.3 is 24.8 Å². The van der Waals surface area contributed by atoms with Crippen molar-refractivity contribution in [3.05, 3.63) is 35.9 Å². The van der Waals surface area contributed by atoms with Crippen molar-refractivity contribution in [3.8, 4) is 0 Å². The highest BCUT2D eigenvalue weighted by molar-refractivity contribution is 5.13. The summed E-state index contributed by atoms with van der Waals surface area (Å²) in [6.45, 7) is -0.0587. The van der Waals surface area contributed by atoms with Crippen molar-refractivity contribution in [3.63, 3.8) is 0 Å². The first-order valence-corrected chi connectivity index (χ1v) is 5.50. The number of rotatable bonds is 4. The molecule has 1 aliphatic rings. The summed E-state index contributed by atoms with van der Waals surface area (Å²) in [4.78, 5) is 0. The van der Waals surface area contributed by atoms with E-state index >= 15 is 0 Å². The van der Waals surface area contributed by atoms with Gasteiger partial charge in [0, 0.05) is 0 Å². The average molecular weight is 240 g/mol. The van der Waals surface area contributed by atoms with Crippen molar-refractivity contribution in [2.24, 2.45) is 0 Å². The lowest BCUT2D eigenvalue weighted by atomic mass is 10.1. The summed E-state index contributed by atoms with van der Waals surface area (Å²) in [7, 11) is 0. The number of hydrogen-bond acceptors (Lipinski definition) is 5. The molecular weight excluding hydrogens is 224 g/mol. The van der Waals surface area contributed by atoms with Crippen LogP contribution in [-0.2, 0) is 16.1 Å². The van der Waals surface area contributed by atoms with Gasteiger partial charge in [-0.15, -0.1) is 0 Å². The molecule has 3 unspecified atom stereocenters. The van der Waals surface area contributed by atoms with E-state index in [-0.39, 0.29) is 13.2 Å². The maximum Gasteiger partial charge on any atom is 0.187 e. The largest absolute Gasteiger partial charge is 0.394 e. The number of aliphatic hydroxyl groups excluding tert-OH is 3. The highest BCUT2D eigenvalue weighted by Gasteiger charge is 2.42. The summed E-state index contributed by atoms with van der Waals surface area (Å²) in [5.74, 6) is 0. The molecule has 0 aliphatic carbocycles. The Kier molecular flexibility index (Phi) is 4.09. The third-order valence-corrected chi connectivity index (χ3v) is 2.76. The van der Waals surface area contributed by atoms with Crippen molar-refractivity contribution in [1.29, 1.82) is 0 Å². The van der Waals surface area contributed by atoms with Gasteiger partial charge in [0.2, 0.25) is 0 Å². The fourth-order valence-electron chi connectivity index (χ4n) is 1.76. The van der Waals surface area contributed by atoms with Crippen LogP contribution in [0.4, 0.5) is 0 Å². The molecule has 1 aromatic rings. The molecule has 1 aromatic carbocycles. The predicted molar refractivity (Wildman–Crippen MR) is 59.0 cm³/mol. The van der Waals surface area contributed by atoms with Crippen LogP contribution in [0.1, 0.15) is 5.56 Å². The minimum Gasteiger partial charge on any atom is -0.394 e. The molecule has 17 heavy (non-hydrogen) atoms. The fraction of sp³-hybridized carbons (Fsp3) is 0.500.